The van der Waals surface area contributed by atoms with Gasteiger partial charge in [0.1, 0.15) is 0 Å². The summed E-state index contributed by atoms with van der Waals surface area (Å²) in [7, 11) is 0. The molecule has 1 aromatic rings. The van der Waals surface area contributed by atoms with Gasteiger partial charge in [-0.25, -0.2) is 4.98 Å². The van der Waals surface area contributed by atoms with Crippen molar-refractivity contribution in [1.82, 2.24) is 10.3 Å². The molecule has 1 unspecified atom stereocenters. The zero-order valence-corrected chi connectivity index (χ0v) is 11.5. The van der Waals surface area contributed by atoms with Crippen LogP contribution >= 0.6 is 11.3 Å². The first-order valence-corrected chi connectivity index (χ1v) is 7.00. The van der Waals surface area contributed by atoms with Crippen molar-refractivity contribution in [3.05, 3.63) is 16.1 Å². The number of nitrogens with one attached hydrogen (secondary N) is 1. The molecule has 0 saturated carbocycles. The molecule has 18 heavy (non-hydrogen) atoms. The highest BCUT2D eigenvalue weighted by molar-refractivity contribution is 7.09. The summed E-state index contributed by atoms with van der Waals surface area (Å²) >= 11 is 1.57. The van der Waals surface area contributed by atoms with E-state index in [1.54, 1.807) is 11.3 Å². The van der Waals surface area contributed by atoms with Crippen LogP contribution in [0.5, 0.6) is 0 Å². The van der Waals surface area contributed by atoms with E-state index >= 15 is 0 Å². The molecule has 0 bridgehead atoms. The Hall–Kier alpha value is -0.620. The van der Waals surface area contributed by atoms with Crippen LogP contribution in [0.2, 0.25) is 0 Å². The van der Waals surface area contributed by atoms with Gasteiger partial charge in [0.2, 0.25) is 0 Å². The molecule has 0 aliphatic carbocycles. The van der Waals surface area contributed by atoms with Crippen LogP contribution in [-0.2, 0) is 6.42 Å². The van der Waals surface area contributed by atoms with Crippen molar-refractivity contribution in [2.24, 2.45) is 0 Å². The Balaban J connectivity index is 2.40. The lowest BCUT2D eigenvalue weighted by Gasteiger charge is -2.17. The third kappa shape index (κ3) is 6.35. The third-order valence-electron chi connectivity index (χ3n) is 2.63. The zero-order chi connectivity index (χ0) is 13.6. The standard InChI is InChI=1S/C12H19F3N2S/c1-3-16-10(5-4-6-12(13,14)15)7-11-8-18-9(2)17-11/h8,10,16H,3-7H2,1-2H3. The molecular weight excluding hydrogens is 261 g/mol. The van der Waals surface area contributed by atoms with Gasteiger partial charge in [0, 0.05) is 24.3 Å². The first kappa shape index (κ1) is 15.4. The largest absolute Gasteiger partial charge is 0.389 e. The number of aromatic nitrogens is 1. The van der Waals surface area contributed by atoms with Gasteiger partial charge in [-0.05, 0) is 26.3 Å². The molecule has 104 valence electrons. The van der Waals surface area contributed by atoms with Gasteiger partial charge < -0.3 is 5.32 Å². The van der Waals surface area contributed by atoms with Crippen molar-refractivity contribution in [2.45, 2.75) is 51.7 Å². The highest BCUT2D eigenvalue weighted by Crippen LogP contribution is 2.23. The van der Waals surface area contributed by atoms with Gasteiger partial charge >= 0.3 is 6.18 Å². The SMILES string of the molecule is CCNC(CCCC(F)(F)F)Cc1csc(C)n1. The van der Waals surface area contributed by atoms with Crippen molar-refractivity contribution in [3.8, 4) is 0 Å². The van der Waals surface area contributed by atoms with Gasteiger partial charge in [0.15, 0.2) is 0 Å². The van der Waals surface area contributed by atoms with Gasteiger partial charge in [-0.2, -0.15) is 13.2 Å². The summed E-state index contributed by atoms with van der Waals surface area (Å²) in [6, 6.07) is 0.0823. The maximum atomic E-state index is 12.1. The maximum absolute atomic E-state index is 12.1. The molecule has 6 heteroatoms. The average Bonchev–Trinajstić information content (AvgIpc) is 2.62. The Kier molecular flexibility index (Phi) is 6.08. The van der Waals surface area contributed by atoms with Crippen molar-refractivity contribution < 1.29 is 13.2 Å². The third-order valence-corrected chi connectivity index (χ3v) is 3.45. The Morgan fingerprint density at radius 1 is 1.44 bits per heavy atom. The smallest absolute Gasteiger partial charge is 0.314 e. The Bertz CT molecular complexity index is 349. The fraction of sp³-hybridized carbons (Fsp3) is 0.750. The number of nitrogens with zero attached hydrogens (tertiary/aromatic N) is 1. The van der Waals surface area contributed by atoms with Crippen molar-refractivity contribution >= 4 is 11.3 Å². The highest BCUT2D eigenvalue weighted by atomic mass is 32.1. The van der Waals surface area contributed by atoms with E-state index in [9.17, 15) is 13.2 Å². The monoisotopic (exact) mass is 280 g/mol. The summed E-state index contributed by atoms with van der Waals surface area (Å²) in [6.45, 7) is 4.66. The van der Waals surface area contributed by atoms with E-state index in [4.69, 9.17) is 0 Å². The summed E-state index contributed by atoms with van der Waals surface area (Å²) in [5, 5.41) is 6.20. The first-order valence-electron chi connectivity index (χ1n) is 6.12. The van der Waals surface area contributed by atoms with E-state index in [-0.39, 0.29) is 12.5 Å². The quantitative estimate of drug-likeness (QED) is 0.823. The lowest BCUT2D eigenvalue weighted by atomic mass is 10.0. The van der Waals surface area contributed by atoms with E-state index in [2.05, 4.69) is 10.3 Å². The number of thiazole rings is 1. The molecule has 0 radical (unpaired) electrons. The molecule has 0 aromatic carbocycles. The van der Waals surface area contributed by atoms with E-state index < -0.39 is 12.6 Å². The Morgan fingerprint density at radius 3 is 2.67 bits per heavy atom. The molecular formula is C12H19F3N2S. The summed E-state index contributed by atoms with van der Waals surface area (Å²) in [4.78, 5) is 4.35. The van der Waals surface area contributed by atoms with Crippen LogP contribution in [0.4, 0.5) is 13.2 Å². The molecule has 1 heterocycles. The molecule has 0 spiro atoms. The van der Waals surface area contributed by atoms with Crippen molar-refractivity contribution in [3.63, 3.8) is 0 Å². The van der Waals surface area contributed by atoms with Gasteiger partial charge in [0.05, 0.1) is 10.7 Å². The Labute approximate surface area is 110 Å². The van der Waals surface area contributed by atoms with Crippen molar-refractivity contribution in [2.75, 3.05) is 6.54 Å². The minimum atomic E-state index is -4.05. The van der Waals surface area contributed by atoms with Crippen LogP contribution in [0.3, 0.4) is 0 Å². The number of rotatable bonds is 7. The van der Waals surface area contributed by atoms with Crippen LogP contribution in [0.25, 0.3) is 0 Å². The van der Waals surface area contributed by atoms with Crippen LogP contribution in [-0.4, -0.2) is 23.7 Å². The number of halogens is 3. The molecule has 0 aliphatic rings. The van der Waals surface area contributed by atoms with E-state index in [0.717, 1.165) is 17.2 Å². The second-order valence-corrected chi connectivity index (χ2v) is 5.39. The second-order valence-electron chi connectivity index (χ2n) is 4.32. The number of hydrogen-bond acceptors (Lipinski definition) is 3. The summed E-state index contributed by atoms with van der Waals surface area (Å²) in [5.74, 6) is 0. The summed E-state index contributed by atoms with van der Waals surface area (Å²) < 4.78 is 36.3. The highest BCUT2D eigenvalue weighted by Gasteiger charge is 2.26. The molecule has 1 aromatic heterocycles. The normalized spacial score (nSPS) is 13.8. The van der Waals surface area contributed by atoms with Crippen LogP contribution in [0, 0.1) is 6.92 Å². The average molecular weight is 280 g/mol. The second kappa shape index (κ2) is 7.09. The molecule has 0 amide bonds. The van der Waals surface area contributed by atoms with E-state index in [1.807, 2.05) is 19.2 Å². The Morgan fingerprint density at radius 2 is 2.17 bits per heavy atom. The molecule has 2 nitrogen and oxygen atoms in total. The molecule has 1 atom stereocenters. The van der Waals surface area contributed by atoms with Crippen LogP contribution in [0.1, 0.15) is 36.9 Å². The molecule has 0 aliphatic heterocycles. The fourth-order valence-corrected chi connectivity index (χ4v) is 2.49. The number of likely N-dealkylation sites (N-methyl/N-ethyl adjacent to an activating group) is 1. The maximum Gasteiger partial charge on any atom is 0.389 e. The lowest BCUT2D eigenvalue weighted by molar-refractivity contribution is -0.135. The lowest BCUT2D eigenvalue weighted by Crippen LogP contribution is -2.31. The molecule has 1 N–H and O–H groups in total. The number of alkyl halides is 3. The van der Waals surface area contributed by atoms with Crippen LogP contribution in [0.15, 0.2) is 5.38 Å². The van der Waals surface area contributed by atoms with Crippen LogP contribution < -0.4 is 5.32 Å². The number of hydrogen-bond donors (Lipinski definition) is 1. The summed E-state index contributed by atoms with van der Waals surface area (Å²) in [5.41, 5.74) is 0.968. The fourth-order valence-electron chi connectivity index (χ4n) is 1.87. The minimum absolute atomic E-state index is 0.0823. The molecule has 1 rings (SSSR count). The number of aryl methyl sites for hydroxylation is 1. The first-order chi connectivity index (χ1) is 8.40. The van der Waals surface area contributed by atoms with Gasteiger partial charge in [0.25, 0.3) is 0 Å². The van der Waals surface area contributed by atoms with E-state index in [0.29, 0.717) is 12.8 Å². The summed E-state index contributed by atoms with van der Waals surface area (Å²) in [6.07, 6.45) is -3.34. The predicted molar refractivity (Wildman–Crippen MR) is 67.9 cm³/mol. The molecule has 0 saturated heterocycles. The van der Waals surface area contributed by atoms with Gasteiger partial charge in [-0.3, -0.25) is 0 Å². The predicted octanol–water partition coefficient (Wildman–Crippen LogP) is 3.70. The molecule has 0 fully saturated rings. The topological polar surface area (TPSA) is 24.9 Å². The van der Waals surface area contributed by atoms with E-state index in [1.165, 1.54) is 0 Å². The zero-order valence-electron chi connectivity index (χ0n) is 10.7. The minimum Gasteiger partial charge on any atom is -0.314 e. The van der Waals surface area contributed by atoms with Crippen molar-refractivity contribution in [1.29, 1.82) is 0 Å². The van der Waals surface area contributed by atoms with Gasteiger partial charge in [-0.15, -0.1) is 11.3 Å². The van der Waals surface area contributed by atoms with Gasteiger partial charge in [-0.1, -0.05) is 6.92 Å².